The monoisotopic (exact) mass is 284 g/mol. The van der Waals surface area contributed by atoms with Crippen LogP contribution in [0, 0.1) is 11.8 Å². The number of nitrogens with zero attached hydrogens (tertiary/aromatic N) is 1. The fourth-order valence-corrected chi connectivity index (χ4v) is 2.54. The Hall–Kier alpha value is -0.0800. The molecule has 0 spiro atoms. The highest BCUT2D eigenvalue weighted by Gasteiger charge is 2.17. The van der Waals surface area contributed by atoms with Gasteiger partial charge in [0.25, 0.3) is 0 Å². The van der Waals surface area contributed by atoms with E-state index in [0.717, 1.165) is 18.4 Å². The number of hydrogen-bond acceptors (Lipinski definition) is 2. The zero-order chi connectivity index (χ0) is 15.5. The molecule has 2 unspecified atom stereocenters. The molecule has 2 atom stereocenters. The van der Waals surface area contributed by atoms with Crippen LogP contribution in [0.25, 0.3) is 0 Å². The molecule has 0 saturated heterocycles. The van der Waals surface area contributed by atoms with E-state index < -0.39 is 0 Å². The summed E-state index contributed by atoms with van der Waals surface area (Å²) in [6.07, 6.45) is 5.12. The van der Waals surface area contributed by atoms with Crippen LogP contribution < -0.4 is 5.32 Å². The van der Waals surface area contributed by atoms with E-state index in [0.29, 0.717) is 12.1 Å². The molecule has 2 heteroatoms. The van der Waals surface area contributed by atoms with E-state index in [1.807, 2.05) is 0 Å². The molecule has 20 heavy (non-hydrogen) atoms. The quantitative estimate of drug-likeness (QED) is 0.566. The van der Waals surface area contributed by atoms with Gasteiger partial charge in [0.2, 0.25) is 0 Å². The van der Waals surface area contributed by atoms with Gasteiger partial charge in [-0.15, -0.1) is 0 Å². The van der Waals surface area contributed by atoms with Crippen molar-refractivity contribution in [3.05, 3.63) is 0 Å². The number of rotatable bonds is 12. The molecule has 0 aromatic heterocycles. The van der Waals surface area contributed by atoms with E-state index >= 15 is 0 Å². The third-order valence-corrected chi connectivity index (χ3v) is 4.05. The zero-order valence-corrected chi connectivity index (χ0v) is 15.2. The van der Waals surface area contributed by atoms with Crippen LogP contribution in [0.5, 0.6) is 0 Å². The summed E-state index contributed by atoms with van der Waals surface area (Å²) in [5, 5.41) is 3.62. The van der Waals surface area contributed by atoms with Gasteiger partial charge in [0, 0.05) is 12.1 Å². The molecule has 0 aromatic carbocycles. The van der Waals surface area contributed by atoms with Crippen LogP contribution in [0.4, 0.5) is 0 Å². The highest BCUT2D eigenvalue weighted by atomic mass is 15.1. The minimum absolute atomic E-state index is 0.630. The van der Waals surface area contributed by atoms with E-state index in [1.54, 1.807) is 0 Å². The van der Waals surface area contributed by atoms with Gasteiger partial charge in [-0.2, -0.15) is 0 Å². The summed E-state index contributed by atoms with van der Waals surface area (Å²) in [5.41, 5.74) is 0. The second-order valence-corrected chi connectivity index (χ2v) is 7.34. The lowest BCUT2D eigenvalue weighted by molar-refractivity contribution is 0.170. The van der Waals surface area contributed by atoms with Crippen LogP contribution >= 0.6 is 0 Å². The Kier molecular flexibility index (Phi) is 11.5. The largest absolute Gasteiger partial charge is 0.314 e. The van der Waals surface area contributed by atoms with Crippen LogP contribution in [-0.4, -0.2) is 36.6 Å². The van der Waals surface area contributed by atoms with Crippen LogP contribution in [0.1, 0.15) is 74.1 Å². The third kappa shape index (κ3) is 10.7. The summed E-state index contributed by atoms with van der Waals surface area (Å²) in [7, 11) is 0. The smallest absolute Gasteiger partial charge is 0.00816 e. The van der Waals surface area contributed by atoms with E-state index in [9.17, 15) is 0 Å². The van der Waals surface area contributed by atoms with Crippen LogP contribution in [-0.2, 0) is 0 Å². The van der Waals surface area contributed by atoms with Crippen LogP contribution in [0.15, 0.2) is 0 Å². The Labute approximate surface area is 128 Å². The summed E-state index contributed by atoms with van der Waals surface area (Å²) < 4.78 is 0. The molecule has 0 bridgehead atoms. The SMILES string of the molecule is CCCNC(C)CC(C)N(CCC(C)C)CCC(C)C. The van der Waals surface area contributed by atoms with Crippen molar-refractivity contribution in [2.45, 2.75) is 86.2 Å². The first-order valence-electron chi connectivity index (χ1n) is 8.84. The Balaban J connectivity index is 4.25. The van der Waals surface area contributed by atoms with Crippen molar-refractivity contribution in [1.82, 2.24) is 10.2 Å². The lowest BCUT2D eigenvalue weighted by Crippen LogP contribution is -2.40. The maximum absolute atomic E-state index is 3.62. The minimum Gasteiger partial charge on any atom is -0.314 e. The Morgan fingerprint density at radius 2 is 1.35 bits per heavy atom. The molecule has 0 aromatic rings. The number of hydrogen-bond donors (Lipinski definition) is 1. The Bertz CT molecular complexity index is 201. The third-order valence-electron chi connectivity index (χ3n) is 4.05. The van der Waals surface area contributed by atoms with Gasteiger partial charge in [0.15, 0.2) is 0 Å². The van der Waals surface area contributed by atoms with Gasteiger partial charge in [0.1, 0.15) is 0 Å². The minimum atomic E-state index is 0.630. The van der Waals surface area contributed by atoms with Crippen molar-refractivity contribution in [2.24, 2.45) is 11.8 Å². The first kappa shape index (κ1) is 19.9. The summed E-state index contributed by atoms with van der Waals surface area (Å²) in [6, 6.07) is 1.32. The van der Waals surface area contributed by atoms with Crippen molar-refractivity contribution in [2.75, 3.05) is 19.6 Å². The van der Waals surface area contributed by atoms with Gasteiger partial charge in [-0.05, 0) is 71.0 Å². The summed E-state index contributed by atoms with van der Waals surface area (Å²) >= 11 is 0. The second kappa shape index (κ2) is 11.6. The van der Waals surface area contributed by atoms with Gasteiger partial charge < -0.3 is 10.2 Å². The van der Waals surface area contributed by atoms with Gasteiger partial charge >= 0.3 is 0 Å². The lowest BCUT2D eigenvalue weighted by Gasteiger charge is -2.32. The molecule has 122 valence electrons. The molecule has 0 radical (unpaired) electrons. The summed E-state index contributed by atoms with van der Waals surface area (Å²) in [4.78, 5) is 2.71. The first-order chi connectivity index (χ1) is 9.36. The van der Waals surface area contributed by atoms with E-state index in [2.05, 4.69) is 58.7 Å². The average molecular weight is 285 g/mol. The van der Waals surface area contributed by atoms with Gasteiger partial charge in [-0.3, -0.25) is 0 Å². The number of nitrogens with one attached hydrogen (secondary N) is 1. The van der Waals surface area contributed by atoms with Gasteiger partial charge in [-0.1, -0.05) is 34.6 Å². The zero-order valence-electron chi connectivity index (χ0n) is 15.2. The predicted octanol–water partition coefficient (Wildman–Crippen LogP) is 4.55. The topological polar surface area (TPSA) is 15.3 Å². The van der Waals surface area contributed by atoms with Crippen molar-refractivity contribution >= 4 is 0 Å². The highest BCUT2D eigenvalue weighted by molar-refractivity contribution is 4.74. The molecule has 0 aliphatic carbocycles. The Morgan fingerprint density at radius 1 is 0.850 bits per heavy atom. The van der Waals surface area contributed by atoms with Crippen molar-refractivity contribution in [3.8, 4) is 0 Å². The molecule has 0 heterocycles. The fourth-order valence-electron chi connectivity index (χ4n) is 2.54. The van der Waals surface area contributed by atoms with Crippen molar-refractivity contribution in [1.29, 1.82) is 0 Å². The molecule has 0 rings (SSSR count). The second-order valence-electron chi connectivity index (χ2n) is 7.34. The lowest BCUT2D eigenvalue weighted by atomic mass is 10.0. The molecule has 0 aliphatic rings. The maximum Gasteiger partial charge on any atom is 0.00816 e. The molecule has 0 saturated carbocycles. The van der Waals surface area contributed by atoms with Gasteiger partial charge in [0.05, 0.1) is 0 Å². The van der Waals surface area contributed by atoms with E-state index in [4.69, 9.17) is 0 Å². The maximum atomic E-state index is 3.62. The standard InChI is InChI=1S/C18H40N2/c1-8-11-19-17(6)14-18(7)20(12-9-15(2)3)13-10-16(4)5/h15-19H,8-14H2,1-7H3. The predicted molar refractivity (Wildman–Crippen MR) is 92.3 cm³/mol. The van der Waals surface area contributed by atoms with E-state index in [-0.39, 0.29) is 0 Å². The van der Waals surface area contributed by atoms with Crippen molar-refractivity contribution < 1.29 is 0 Å². The summed E-state index contributed by atoms with van der Waals surface area (Å²) in [5.74, 6) is 1.61. The average Bonchev–Trinajstić information content (AvgIpc) is 2.35. The Morgan fingerprint density at radius 3 is 1.75 bits per heavy atom. The molecule has 0 amide bonds. The van der Waals surface area contributed by atoms with Crippen LogP contribution in [0.3, 0.4) is 0 Å². The fraction of sp³-hybridized carbons (Fsp3) is 1.00. The van der Waals surface area contributed by atoms with Crippen molar-refractivity contribution in [3.63, 3.8) is 0 Å². The normalized spacial score (nSPS) is 15.3. The molecular formula is C18H40N2. The summed E-state index contributed by atoms with van der Waals surface area (Å²) in [6.45, 7) is 19.9. The molecular weight excluding hydrogens is 244 g/mol. The van der Waals surface area contributed by atoms with E-state index in [1.165, 1.54) is 38.8 Å². The molecule has 1 N–H and O–H groups in total. The van der Waals surface area contributed by atoms with Crippen LogP contribution in [0.2, 0.25) is 0 Å². The molecule has 0 aliphatic heterocycles. The first-order valence-corrected chi connectivity index (χ1v) is 8.84. The highest BCUT2D eigenvalue weighted by Crippen LogP contribution is 2.13. The molecule has 0 fully saturated rings. The van der Waals surface area contributed by atoms with Gasteiger partial charge in [-0.25, -0.2) is 0 Å². The molecule has 2 nitrogen and oxygen atoms in total.